The molecular formula is C25H18N4S. The third-order valence-electron chi connectivity index (χ3n) is 4.68. The molecule has 30 heavy (non-hydrogen) atoms. The van der Waals surface area contributed by atoms with Crippen molar-refractivity contribution < 1.29 is 0 Å². The lowest BCUT2D eigenvalue weighted by Gasteiger charge is -2.08. The Bertz CT molecular complexity index is 1250. The first-order chi connectivity index (χ1) is 14.7. The lowest BCUT2D eigenvalue weighted by atomic mass is 10.1. The van der Waals surface area contributed by atoms with E-state index >= 15 is 0 Å². The lowest BCUT2D eigenvalue weighted by Crippen LogP contribution is -2.09. The Morgan fingerprint density at radius 1 is 0.900 bits per heavy atom. The van der Waals surface area contributed by atoms with E-state index in [1.807, 2.05) is 71.4 Å². The van der Waals surface area contributed by atoms with Crippen LogP contribution in [0.1, 0.15) is 5.56 Å². The maximum Gasteiger partial charge on any atom is 0.114 e. The summed E-state index contributed by atoms with van der Waals surface area (Å²) in [5.41, 5.74) is 11.7. The van der Waals surface area contributed by atoms with Crippen LogP contribution in [0.4, 0.5) is 0 Å². The van der Waals surface area contributed by atoms with Crippen LogP contribution in [0.15, 0.2) is 96.6 Å². The van der Waals surface area contributed by atoms with Crippen molar-refractivity contribution in [1.82, 2.24) is 9.78 Å². The van der Waals surface area contributed by atoms with Gasteiger partial charge < -0.3 is 5.73 Å². The number of rotatable bonds is 5. The molecule has 5 heteroatoms. The number of nitrogens with zero attached hydrogens (tertiary/aromatic N) is 3. The number of aromatic nitrogens is 2. The SMILES string of the molecule is N#CC(=Cc1ccc(-n2nc(-c3ccccc3)cc2-c2ccccc2)cc1)C(N)=S. The zero-order chi connectivity index (χ0) is 20.9. The van der Waals surface area contributed by atoms with Gasteiger partial charge in [0.2, 0.25) is 0 Å². The van der Waals surface area contributed by atoms with Gasteiger partial charge in [-0.1, -0.05) is 85.0 Å². The van der Waals surface area contributed by atoms with E-state index in [9.17, 15) is 0 Å². The van der Waals surface area contributed by atoms with Crippen LogP contribution in [0.25, 0.3) is 34.3 Å². The van der Waals surface area contributed by atoms with Crippen molar-refractivity contribution in [2.45, 2.75) is 0 Å². The van der Waals surface area contributed by atoms with Crippen molar-refractivity contribution >= 4 is 23.3 Å². The van der Waals surface area contributed by atoms with Crippen molar-refractivity contribution in [2.75, 3.05) is 0 Å². The molecule has 1 aromatic heterocycles. The van der Waals surface area contributed by atoms with Crippen LogP contribution in [0.5, 0.6) is 0 Å². The molecule has 4 aromatic rings. The van der Waals surface area contributed by atoms with Crippen molar-refractivity contribution in [2.24, 2.45) is 5.73 Å². The standard InChI is InChI=1S/C25H18N4S/c26-17-21(25(27)30)15-18-11-13-22(14-12-18)29-24(20-9-5-2-6-10-20)16-23(28-29)19-7-3-1-4-8-19/h1-16H,(H2,27,30). The highest BCUT2D eigenvalue weighted by Gasteiger charge is 2.13. The molecule has 0 bridgehead atoms. The van der Waals surface area contributed by atoms with Crippen LogP contribution in [0.2, 0.25) is 0 Å². The van der Waals surface area contributed by atoms with E-state index in [0.717, 1.165) is 33.8 Å². The average Bonchev–Trinajstić information content (AvgIpc) is 3.24. The number of nitrogens with two attached hydrogens (primary N) is 1. The van der Waals surface area contributed by atoms with Crippen molar-refractivity contribution in [3.63, 3.8) is 0 Å². The second-order valence-corrected chi connectivity index (χ2v) is 7.12. The van der Waals surface area contributed by atoms with Gasteiger partial charge in [-0.05, 0) is 29.8 Å². The largest absolute Gasteiger partial charge is 0.389 e. The van der Waals surface area contributed by atoms with Gasteiger partial charge >= 0.3 is 0 Å². The second-order valence-electron chi connectivity index (χ2n) is 6.68. The van der Waals surface area contributed by atoms with Crippen LogP contribution < -0.4 is 5.73 Å². The fourth-order valence-electron chi connectivity index (χ4n) is 3.18. The molecule has 0 saturated heterocycles. The molecule has 0 aliphatic carbocycles. The van der Waals surface area contributed by atoms with E-state index in [4.69, 9.17) is 28.3 Å². The van der Waals surface area contributed by atoms with E-state index in [-0.39, 0.29) is 10.6 Å². The lowest BCUT2D eigenvalue weighted by molar-refractivity contribution is 0.892. The van der Waals surface area contributed by atoms with Gasteiger partial charge in [-0.2, -0.15) is 10.4 Å². The van der Waals surface area contributed by atoms with Crippen LogP contribution in [-0.2, 0) is 0 Å². The van der Waals surface area contributed by atoms with Gasteiger partial charge in [0.1, 0.15) is 11.1 Å². The third-order valence-corrected chi connectivity index (χ3v) is 4.90. The Kier molecular flexibility index (Phi) is 5.51. The molecule has 4 nitrogen and oxygen atoms in total. The van der Waals surface area contributed by atoms with Crippen molar-refractivity contribution in [3.05, 3.63) is 102 Å². The molecule has 3 aromatic carbocycles. The monoisotopic (exact) mass is 406 g/mol. The van der Waals surface area contributed by atoms with Gasteiger partial charge in [0.05, 0.1) is 22.6 Å². The Balaban J connectivity index is 1.79. The van der Waals surface area contributed by atoms with Gasteiger partial charge in [0, 0.05) is 11.1 Å². The topological polar surface area (TPSA) is 67.6 Å². The zero-order valence-electron chi connectivity index (χ0n) is 16.1. The Hall–Kier alpha value is -4.01. The first-order valence-corrected chi connectivity index (χ1v) is 9.79. The highest BCUT2D eigenvalue weighted by molar-refractivity contribution is 7.80. The highest BCUT2D eigenvalue weighted by atomic mass is 32.1. The number of hydrogen-bond donors (Lipinski definition) is 1. The van der Waals surface area contributed by atoms with Crippen LogP contribution in [-0.4, -0.2) is 14.8 Å². The molecule has 2 N–H and O–H groups in total. The van der Waals surface area contributed by atoms with Crippen molar-refractivity contribution in [3.8, 4) is 34.3 Å². The number of thiocarbonyl (C=S) groups is 1. The first-order valence-electron chi connectivity index (χ1n) is 9.38. The number of hydrogen-bond acceptors (Lipinski definition) is 3. The maximum absolute atomic E-state index is 9.16. The average molecular weight is 407 g/mol. The first kappa shape index (κ1) is 19.3. The van der Waals surface area contributed by atoms with Gasteiger partial charge in [0.25, 0.3) is 0 Å². The molecule has 1 heterocycles. The normalized spacial score (nSPS) is 11.1. The summed E-state index contributed by atoms with van der Waals surface area (Å²) < 4.78 is 1.93. The van der Waals surface area contributed by atoms with Gasteiger partial charge in [-0.3, -0.25) is 0 Å². The Labute approximate surface area is 180 Å². The number of nitriles is 1. The molecule has 0 aliphatic rings. The summed E-state index contributed by atoms with van der Waals surface area (Å²) >= 11 is 4.91. The highest BCUT2D eigenvalue weighted by Crippen LogP contribution is 2.28. The summed E-state index contributed by atoms with van der Waals surface area (Å²) in [7, 11) is 0. The van der Waals surface area contributed by atoms with Crippen LogP contribution >= 0.6 is 12.2 Å². The van der Waals surface area contributed by atoms with Gasteiger partial charge in [-0.25, -0.2) is 4.68 Å². The van der Waals surface area contributed by atoms with E-state index in [1.54, 1.807) is 6.08 Å². The minimum absolute atomic E-state index is 0.0903. The molecule has 0 atom stereocenters. The molecular weight excluding hydrogens is 388 g/mol. The molecule has 4 rings (SSSR count). The van der Waals surface area contributed by atoms with E-state index in [0.29, 0.717) is 0 Å². The second kappa shape index (κ2) is 8.56. The van der Waals surface area contributed by atoms with Gasteiger partial charge in [0.15, 0.2) is 0 Å². The summed E-state index contributed by atoms with van der Waals surface area (Å²) in [6, 6.07) is 32.2. The zero-order valence-corrected chi connectivity index (χ0v) is 16.9. The fourth-order valence-corrected chi connectivity index (χ4v) is 3.28. The third kappa shape index (κ3) is 4.04. The molecule has 0 amide bonds. The van der Waals surface area contributed by atoms with Crippen LogP contribution in [0.3, 0.4) is 0 Å². The molecule has 0 aliphatic heterocycles. The predicted molar refractivity (Wildman–Crippen MR) is 125 cm³/mol. The van der Waals surface area contributed by atoms with E-state index in [1.165, 1.54) is 0 Å². The quantitative estimate of drug-likeness (QED) is 0.274. The summed E-state index contributed by atoms with van der Waals surface area (Å²) in [6.45, 7) is 0. The van der Waals surface area contributed by atoms with Crippen molar-refractivity contribution in [1.29, 1.82) is 5.26 Å². The number of benzene rings is 3. The minimum Gasteiger partial charge on any atom is -0.389 e. The summed E-state index contributed by atoms with van der Waals surface area (Å²) in [4.78, 5) is 0.0903. The Morgan fingerprint density at radius 3 is 2.07 bits per heavy atom. The van der Waals surface area contributed by atoms with Crippen LogP contribution in [0, 0.1) is 11.3 Å². The molecule has 0 unspecified atom stereocenters. The minimum atomic E-state index is 0.0903. The molecule has 0 fully saturated rings. The predicted octanol–water partition coefficient (Wildman–Crippen LogP) is 5.40. The summed E-state index contributed by atoms with van der Waals surface area (Å²) in [5.74, 6) is 0. The van der Waals surface area contributed by atoms with E-state index in [2.05, 4.69) is 30.3 Å². The summed E-state index contributed by atoms with van der Waals surface area (Å²) in [6.07, 6.45) is 1.68. The molecule has 0 radical (unpaired) electrons. The fraction of sp³-hybridized carbons (Fsp3) is 0. The Morgan fingerprint density at radius 2 is 1.50 bits per heavy atom. The molecule has 0 saturated carbocycles. The molecule has 0 spiro atoms. The van der Waals surface area contributed by atoms with Gasteiger partial charge in [-0.15, -0.1) is 0 Å². The smallest absolute Gasteiger partial charge is 0.114 e. The maximum atomic E-state index is 9.16. The van der Waals surface area contributed by atoms with E-state index < -0.39 is 0 Å². The molecule has 144 valence electrons. The summed E-state index contributed by atoms with van der Waals surface area (Å²) in [5, 5.41) is 14.0.